The van der Waals surface area contributed by atoms with E-state index in [1.165, 1.54) is 29.3 Å². The Morgan fingerprint density at radius 3 is 2.63 bits per heavy atom. The lowest BCUT2D eigenvalue weighted by molar-refractivity contribution is 0.318. The highest BCUT2D eigenvalue weighted by Gasteiger charge is 2.11. The first-order valence-corrected chi connectivity index (χ1v) is 7.00. The number of hydrogen-bond acceptors (Lipinski definition) is 6. The molecule has 0 saturated heterocycles. The van der Waals surface area contributed by atoms with Crippen LogP contribution in [0.5, 0.6) is 0 Å². The summed E-state index contributed by atoms with van der Waals surface area (Å²) in [4.78, 5) is 4.09. The van der Waals surface area contributed by atoms with E-state index in [4.69, 9.17) is 10.9 Å². The molecular weight excluding hydrogens is 270 g/mol. The van der Waals surface area contributed by atoms with Gasteiger partial charge in [-0.05, 0) is 12.1 Å². The average Bonchev–Trinajstić information content (AvgIpc) is 2.87. The molecule has 0 aliphatic heterocycles. The van der Waals surface area contributed by atoms with Crippen LogP contribution in [0.3, 0.4) is 0 Å². The fourth-order valence-corrected chi connectivity index (χ4v) is 1.89. The quantitative estimate of drug-likeness (QED) is 0.346. The summed E-state index contributed by atoms with van der Waals surface area (Å²) >= 11 is 0. The van der Waals surface area contributed by atoms with Crippen molar-refractivity contribution in [1.82, 2.24) is 14.8 Å². The van der Waals surface area contributed by atoms with Crippen LogP contribution in [0.4, 0.5) is 0 Å². The molecule has 2 aromatic rings. The third kappa shape index (κ3) is 2.71. The molecule has 0 spiro atoms. The lowest BCUT2D eigenvalue weighted by Gasteiger charge is -2.02. The maximum absolute atomic E-state index is 11.3. The standard InChI is InChI=1S/C10H11N5O3S/c1-19(17,18)8-5-13-15(6-8)7-2-3-9(12-4-7)10(11)14-16/h2-6,16H,1H3,(H2,11,14). The normalized spacial score (nSPS) is 12.6. The van der Waals surface area contributed by atoms with E-state index in [1.807, 2.05) is 0 Å². The second-order valence-corrected chi connectivity index (χ2v) is 5.80. The molecule has 100 valence electrons. The molecule has 2 aromatic heterocycles. The predicted molar refractivity (Wildman–Crippen MR) is 67.0 cm³/mol. The van der Waals surface area contributed by atoms with Crippen LogP contribution < -0.4 is 5.73 Å². The van der Waals surface area contributed by atoms with E-state index < -0.39 is 9.84 Å². The fraction of sp³-hybridized carbons (Fsp3) is 0.100. The number of nitrogens with zero attached hydrogens (tertiary/aromatic N) is 4. The van der Waals surface area contributed by atoms with E-state index in [1.54, 1.807) is 6.07 Å². The molecule has 0 aromatic carbocycles. The van der Waals surface area contributed by atoms with Crippen molar-refractivity contribution in [3.8, 4) is 5.69 Å². The minimum absolute atomic E-state index is 0.108. The minimum atomic E-state index is -3.29. The van der Waals surface area contributed by atoms with Gasteiger partial charge in [-0.1, -0.05) is 5.16 Å². The SMILES string of the molecule is CS(=O)(=O)c1cnn(-c2ccc(/C(N)=N/O)nc2)c1. The van der Waals surface area contributed by atoms with Crippen LogP contribution in [0.1, 0.15) is 5.69 Å². The summed E-state index contributed by atoms with van der Waals surface area (Å²) < 4.78 is 24.0. The Morgan fingerprint density at radius 2 is 2.16 bits per heavy atom. The minimum Gasteiger partial charge on any atom is -0.409 e. The van der Waals surface area contributed by atoms with Gasteiger partial charge >= 0.3 is 0 Å². The largest absolute Gasteiger partial charge is 0.409 e. The zero-order chi connectivity index (χ0) is 14.0. The smallest absolute Gasteiger partial charge is 0.188 e. The first-order chi connectivity index (χ1) is 8.91. The third-order valence-electron chi connectivity index (χ3n) is 2.37. The Bertz CT molecular complexity index is 718. The van der Waals surface area contributed by atoms with Gasteiger partial charge in [0.1, 0.15) is 10.6 Å². The van der Waals surface area contributed by atoms with Crippen molar-refractivity contribution in [3.63, 3.8) is 0 Å². The summed E-state index contributed by atoms with van der Waals surface area (Å²) in [6, 6.07) is 3.16. The van der Waals surface area contributed by atoms with Crippen molar-refractivity contribution in [3.05, 3.63) is 36.4 Å². The van der Waals surface area contributed by atoms with Gasteiger partial charge < -0.3 is 10.9 Å². The van der Waals surface area contributed by atoms with Gasteiger partial charge in [-0.2, -0.15) is 5.10 Å². The van der Waals surface area contributed by atoms with Crippen molar-refractivity contribution in [2.24, 2.45) is 10.9 Å². The van der Waals surface area contributed by atoms with Crippen molar-refractivity contribution >= 4 is 15.7 Å². The number of oxime groups is 1. The molecule has 0 radical (unpaired) electrons. The van der Waals surface area contributed by atoms with Gasteiger partial charge in [0.15, 0.2) is 15.7 Å². The van der Waals surface area contributed by atoms with Crippen molar-refractivity contribution < 1.29 is 13.6 Å². The Balaban J connectivity index is 2.36. The third-order valence-corrected chi connectivity index (χ3v) is 3.44. The molecule has 3 N–H and O–H groups in total. The van der Waals surface area contributed by atoms with Gasteiger partial charge in [-0.15, -0.1) is 0 Å². The van der Waals surface area contributed by atoms with Crippen molar-refractivity contribution in [2.75, 3.05) is 6.26 Å². The summed E-state index contributed by atoms with van der Waals surface area (Å²) in [6.45, 7) is 0. The summed E-state index contributed by atoms with van der Waals surface area (Å²) in [5.41, 5.74) is 6.25. The van der Waals surface area contributed by atoms with E-state index in [-0.39, 0.29) is 10.7 Å². The topological polar surface area (TPSA) is 123 Å². The molecule has 0 amide bonds. The number of sulfone groups is 1. The molecule has 2 heterocycles. The predicted octanol–water partition coefficient (Wildman–Crippen LogP) is -0.235. The van der Waals surface area contributed by atoms with Crippen LogP contribution in [-0.4, -0.2) is 40.5 Å². The number of hydrogen-bond donors (Lipinski definition) is 2. The summed E-state index contributed by atoms with van der Waals surface area (Å²) in [6.07, 6.45) is 5.18. The zero-order valence-corrected chi connectivity index (χ0v) is 10.7. The summed E-state index contributed by atoms with van der Waals surface area (Å²) in [5.74, 6) is -0.108. The number of rotatable bonds is 3. The van der Waals surface area contributed by atoms with Gasteiger partial charge in [0, 0.05) is 12.5 Å². The van der Waals surface area contributed by atoms with Crippen LogP contribution in [0.25, 0.3) is 5.69 Å². The van der Waals surface area contributed by atoms with Crippen LogP contribution in [0.2, 0.25) is 0 Å². The Morgan fingerprint density at radius 1 is 1.42 bits per heavy atom. The molecular formula is C10H11N5O3S. The van der Waals surface area contributed by atoms with Crippen LogP contribution in [-0.2, 0) is 9.84 Å². The Labute approximate surface area is 109 Å². The highest BCUT2D eigenvalue weighted by atomic mass is 32.2. The van der Waals surface area contributed by atoms with E-state index >= 15 is 0 Å². The van der Waals surface area contributed by atoms with Gasteiger partial charge in [0.2, 0.25) is 0 Å². The van der Waals surface area contributed by atoms with Crippen molar-refractivity contribution in [1.29, 1.82) is 0 Å². The summed E-state index contributed by atoms with van der Waals surface area (Å²) in [7, 11) is -3.29. The molecule has 8 nitrogen and oxygen atoms in total. The molecule has 0 aliphatic rings. The zero-order valence-electron chi connectivity index (χ0n) is 9.92. The van der Waals surface area contributed by atoms with Gasteiger partial charge in [-0.25, -0.2) is 13.1 Å². The second kappa shape index (κ2) is 4.69. The van der Waals surface area contributed by atoms with Gasteiger partial charge in [0.25, 0.3) is 0 Å². The number of nitrogens with two attached hydrogens (primary N) is 1. The molecule has 2 rings (SSSR count). The Hall–Kier alpha value is -2.42. The van der Waals surface area contributed by atoms with E-state index in [9.17, 15) is 8.42 Å². The highest BCUT2D eigenvalue weighted by Crippen LogP contribution is 2.11. The molecule has 0 atom stereocenters. The maximum Gasteiger partial charge on any atom is 0.188 e. The summed E-state index contributed by atoms with van der Waals surface area (Å²) in [5, 5.41) is 15.3. The van der Waals surface area contributed by atoms with Gasteiger partial charge in [0.05, 0.1) is 18.1 Å². The fourth-order valence-electron chi connectivity index (χ4n) is 1.36. The first kappa shape index (κ1) is 13.0. The lowest BCUT2D eigenvalue weighted by Crippen LogP contribution is -2.15. The number of pyridine rings is 1. The van der Waals surface area contributed by atoms with E-state index in [2.05, 4.69) is 15.2 Å². The maximum atomic E-state index is 11.3. The molecule has 0 bridgehead atoms. The second-order valence-electron chi connectivity index (χ2n) is 3.78. The monoisotopic (exact) mass is 281 g/mol. The van der Waals surface area contributed by atoms with Crippen LogP contribution >= 0.6 is 0 Å². The molecule has 19 heavy (non-hydrogen) atoms. The van der Waals surface area contributed by atoms with Crippen molar-refractivity contribution in [2.45, 2.75) is 4.90 Å². The first-order valence-electron chi connectivity index (χ1n) is 5.11. The van der Waals surface area contributed by atoms with Gasteiger partial charge in [-0.3, -0.25) is 4.98 Å². The van der Waals surface area contributed by atoms with E-state index in [0.717, 1.165) is 6.26 Å². The molecule has 0 aliphatic carbocycles. The lowest BCUT2D eigenvalue weighted by atomic mass is 10.3. The number of aromatic nitrogens is 3. The molecule has 0 unspecified atom stereocenters. The van der Waals surface area contributed by atoms with Crippen LogP contribution in [0, 0.1) is 0 Å². The number of amidine groups is 1. The highest BCUT2D eigenvalue weighted by molar-refractivity contribution is 7.90. The average molecular weight is 281 g/mol. The Kier molecular flexibility index (Phi) is 3.21. The molecule has 9 heteroatoms. The molecule has 0 fully saturated rings. The van der Waals surface area contributed by atoms with Crippen LogP contribution in [0.15, 0.2) is 40.8 Å². The molecule has 0 saturated carbocycles. The van der Waals surface area contributed by atoms with E-state index in [0.29, 0.717) is 11.4 Å².